The molecule has 1 aromatic heterocycles. The Balaban J connectivity index is 1.91. The topological polar surface area (TPSA) is 17.8 Å². The number of hydrogen-bond acceptors (Lipinski definition) is 1. The van der Waals surface area contributed by atoms with E-state index in [1.807, 2.05) is 59.2 Å². The van der Waals surface area contributed by atoms with Gasteiger partial charge in [0.25, 0.3) is 0 Å². The number of imidazole rings is 1. The predicted molar refractivity (Wildman–Crippen MR) is 90.6 cm³/mol. The molecule has 3 aromatic carbocycles. The second-order valence-electron chi connectivity index (χ2n) is 5.62. The van der Waals surface area contributed by atoms with Gasteiger partial charge in [0.15, 0.2) is 11.6 Å². The quantitative estimate of drug-likeness (QED) is 0.518. The van der Waals surface area contributed by atoms with Gasteiger partial charge in [-0.05, 0) is 35.9 Å². The zero-order chi connectivity index (χ0) is 16.5. The molecule has 24 heavy (non-hydrogen) atoms. The van der Waals surface area contributed by atoms with Crippen molar-refractivity contribution < 1.29 is 8.78 Å². The van der Waals surface area contributed by atoms with Crippen molar-refractivity contribution in [1.29, 1.82) is 0 Å². The van der Waals surface area contributed by atoms with Crippen LogP contribution in [0.1, 0.15) is 5.56 Å². The maximum atomic E-state index is 13.7. The molecule has 0 aliphatic carbocycles. The van der Waals surface area contributed by atoms with Gasteiger partial charge in [0, 0.05) is 12.1 Å². The second-order valence-corrected chi connectivity index (χ2v) is 5.62. The van der Waals surface area contributed by atoms with E-state index in [4.69, 9.17) is 0 Å². The number of hydrogen-bond donors (Lipinski definition) is 0. The van der Waals surface area contributed by atoms with Gasteiger partial charge in [0.2, 0.25) is 0 Å². The molecule has 0 unspecified atom stereocenters. The molecule has 0 spiro atoms. The van der Waals surface area contributed by atoms with Gasteiger partial charge in [-0.25, -0.2) is 13.8 Å². The highest BCUT2D eigenvalue weighted by molar-refractivity contribution is 5.80. The molecule has 4 heteroatoms. The van der Waals surface area contributed by atoms with Crippen molar-refractivity contribution in [3.63, 3.8) is 0 Å². The molecule has 0 saturated carbocycles. The van der Waals surface area contributed by atoms with Gasteiger partial charge in [0.05, 0.1) is 11.0 Å². The van der Waals surface area contributed by atoms with E-state index < -0.39 is 11.6 Å². The van der Waals surface area contributed by atoms with Crippen molar-refractivity contribution in [1.82, 2.24) is 9.55 Å². The number of benzene rings is 3. The van der Waals surface area contributed by atoms with E-state index in [1.54, 1.807) is 6.07 Å². The van der Waals surface area contributed by atoms with E-state index >= 15 is 0 Å². The minimum atomic E-state index is -0.870. The third-order valence-electron chi connectivity index (χ3n) is 4.02. The van der Waals surface area contributed by atoms with Gasteiger partial charge in [-0.2, -0.15) is 0 Å². The fraction of sp³-hybridized carbons (Fsp3) is 0.0500. The summed E-state index contributed by atoms with van der Waals surface area (Å²) in [5.74, 6) is -1.10. The average Bonchev–Trinajstić information content (AvgIpc) is 2.97. The zero-order valence-corrected chi connectivity index (χ0v) is 12.8. The lowest BCUT2D eigenvalue weighted by Gasteiger charge is -2.10. The van der Waals surface area contributed by atoms with Crippen molar-refractivity contribution in [2.75, 3.05) is 0 Å². The maximum absolute atomic E-state index is 13.7. The summed E-state index contributed by atoms with van der Waals surface area (Å²) in [5, 5.41) is 0. The lowest BCUT2D eigenvalue weighted by atomic mass is 10.2. The first kappa shape index (κ1) is 14.6. The third-order valence-corrected chi connectivity index (χ3v) is 4.02. The molecule has 0 amide bonds. The van der Waals surface area contributed by atoms with Crippen LogP contribution in [0.15, 0.2) is 72.8 Å². The number of fused-ring (bicyclic) bond motifs is 1. The molecule has 0 aliphatic rings. The number of rotatable bonds is 3. The Bertz CT molecular complexity index is 1010. The second kappa shape index (κ2) is 5.89. The molecular weight excluding hydrogens is 306 g/mol. The molecule has 4 rings (SSSR count). The van der Waals surface area contributed by atoms with Crippen LogP contribution < -0.4 is 0 Å². The Morgan fingerprint density at radius 3 is 2.33 bits per heavy atom. The van der Waals surface area contributed by atoms with E-state index in [0.717, 1.165) is 22.7 Å². The number of nitrogens with zero attached hydrogens (tertiary/aromatic N) is 2. The van der Waals surface area contributed by atoms with Gasteiger partial charge in [-0.1, -0.05) is 42.5 Å². The summed E-state index contributed by atoms with van der Waals surface area (Å²) in [4.78, 5) is 4.62. The zero-order valence-electron chi connectivity index (χ0n) is 12.8. The third kappa shape index (κ3) is 2.56. The Morgan fingerprint density at radius 1 is 0.792 bits per heavy atom. The average molecular weight is 320 g/mol. The normalized spacial score (nSPS) is 11.1. The van der Waals surface area contributed by atoms with Gasteiger partial charge >= 0.3 is 0 Å². The Labute approximate surface area is 138 Å². The Morgan fingerprint density at radius 2 is 1.54 bits per heavy atom. The molecule has 0 atom stereocenters. The fourth-order valence-electron chi connectivity index (χ4n) is 2.86. The number of halogens is 2. The van der Waals surface area contributed by atoms with E-state index in [0.29, 0.717) is 17.9 Å². The molecule has 0 saturated heterocycles. The molecule has 1 heterocycles. The molecule has 118 valence electrons. The fourth-order valence-corrected chi connectivity index (χ4v) is 2.86. The van der Waals surface area contributed by atoms with Gasteiger partial charge in [-0.15, -0.1) is 0 Å². The summed E-state index contributed by atoms with van der Waals surface area (Å²) in [7, 11) is 0. The summed E-state index contributed by atoms with van der Waals surface area (Å²) in [6.45, 7) is 0.607. The lowest BCUT2D eigenvalue weighted by molar-refractivity contribution is 0.509. The minimum Gasteiger partial charge on any atom is -0.319 e. The van der Waals surface area contributed by atoms with Crippen LogP contribution in [0.4, 0.5) is 8.78 Å². The smallest absolute Gasteiger partial charge is 0.159 e. The van der Waals surface area contributed by atoms with E-state index in [9.17, 15) is 8.78 Å². The Hall–Kier alpha value is -3.01. The standard InChI is InChI=1S/C20H14F2N2/c21-16-11-10-15(12-17(16)22)20-23-18-8-4-5-9-19(18)24(20)13-14-6-2-1-3-7-14/h1-12H,13H2. The van der Waals surface area contributed by atoms with E-state index in [2.05, 4.69) is 4.98 Å². The molecule has 0 radical (unpaired) electrons. The van der Waals surface area contributed by atoms with Crippen LogP contribution >= 0.6 is 0 Å². The van der Waals surface area contributed by atoms with Crippen LogP contribution in [0.2, 0.25) is 0 Å². The van der Waals surface area contributed by atoms with Crippen LogP contribution in [-0.4, -0.2) is 9.55 Å². The summed E-state index contributed by atoms with van der Waals surface area (Å²) >= 11 is 0. The Kier molecular flexibility index (Phi) is 3.58. The first-order valence-corrected chi connectivity index (χ1v) is 7.67. The van der Waals surface area contributed by atoms with Crippen LogP contribution in [-0.2, 0) is 6.54 Å². The number of aromatic nitrogens is 2. The SMILES string of the molecule is Fc1ccc(-c2nc3ccccc3n2Cc2ccccc2)cc1F. The highest BCUT2D eigenvalue weighted by Gasteiger charge is 2.14. The number of para-hydroxylation sites is 2. The summed E-state index contributed by atoms with van der Waals surface area (Å²) in [6.07, 6.45) is 0. The highest BCUT2D eigenvalue weighted by atomic mass is 19.2. The van der Waals surface area contributed by atoms with E-state index in [1.165, 1.54) is 6.07 Å². The van der Waals surface area contributed by atoms with Crippen molar-refractivity contribution in [2.24, 2.45) is 0 Å². The molecule has 0 N–H and O–H groups in total. The van der Waals surface area contributed by atoms with Crippen LogP contribution in [0.3, 0.4) is 0 Å². The van der Waals surface area contributed by atoms with Crippen LogP contribution in [0.5, 0.6) is 0 Å². The van der Waals surface area contributed by atoms with Crippen molar-refractivity contribution >= 4 is 11.0 Å². The van der Waals surface area contributed by atoms with Gasteiger partial charge in [-0.3, -0.25) is 0 Å². The summed E-state index contributed by atoms with van der Waals surface area (Å²) in [6, 6.07) is 21.6. The molecule has 0 bridgehead atoms. The monoisotopic (exact) mass is 320 g/mol. The van der Waals surface area contributed by atoms with Crippen LogP contribution in [0, 0.1) is 11.6 Å². The molecule has 0 fully saturated rings. The first-order valence-electron chi connectivity index (χ1n) is 7.67. The largest absolute Gasteiger partial charge is 0.319 e. The van der Waals surface area contributed by atoms with Crippen LogP contribution in [0.25, 0.3) is 22.4 Å². The van der Waals surface area contributed by atoms with Crippen molar-refractivity contribution in [3.8, 4) is 11.4 Å². The summed E-state index contributed by atoms with van der Waals surface area (Å²) < 4.78 is 29.0. The minimum absolute atomic E-state index is 0.557. The van der Waals surface area contributed by atoms with Gasteiger partial charge < -0.3 is 4.57 Å². The lowest BCUT2D eigenvalue weighted by Crippen LogP contribution is -2.02. The molecular formula is C20H14F2N2. The van der Waals surface area contributed by atoms with Crippen molar-refractivity contribution in [3.05, 3.63) is 90.0 Å². The summed E-state index contributed by atoms with van der Waals surface area (Å²) in [5.41, 5.74) is 3.46. The first-order chi connectivity index (χ1) is 11.7. The van der Waals surface area contributed by atoms with Gasteiger partial charge in [0.1, 0.15) is 5.82 Å². The molecule has 2 nitrogen and oxygen atoms in total. The molecule has 4 aromatic rings. The molecule has 0 aliphatic heterocycles. The van der Waals surface area contributed by atoms with E-state index in [-0.39, 0.29) is 0 Å². The van der Waals surface area contributed by atoms with Crippen molar-refractivity contribution in [2.45, 2.75) is 6.54 Å². The maximum Gasteiger partial charge on any atom is 0.159 e. The highest BCUT2D eigenvalue weighted by Crippen LogP contribution is 2.27. The predicted octanol–water partition coefficient (Wildman–Crippen LogP) is 5.03.